The lowest BCUT2D eigenvalue weighted by Gasteiger charge is -2.41. The zero-order valence-electron chi connectivity index (χ0n) is 14.9. The Balaban J connectivity index is 1.48. The Morgan fingerprint density at radius 2 is 1.80 bits per heavy atom. The number of carbonyl (C=O) groups is 1. The van der Waals surface area contributed by atoms with Crippen molar-refractivity contribution in [3.05, 3.63) is 29.8 Å². The van der Waals surface area contributed by atoms with Crippen molar-refractivity contribution in [3.8, 4) is 0 Å². The molecule has 3 rings (SSSR count). The number of aryl methyl sites for hydroxylation is 1. The summed E-state index contributed by atoms with van der Waals surface area (Å²) in [7, 11) is -3.54. The van der Waals surface area contributed by atoms with Crippen molar-refractivity contribution < 1.29 is 13.2 Å². The summed E-state index contributed by atoms with van der Waals surface area (Å²) >= 11 is 0. The third-order valence-corrected chi connectivity index (χ3v) is 7.08. The SMILES string of the molecule is Cc1ccc(S(=O)(=O)NCCC(=O)N2CC[C@H]3CCCC[C@H]3C2)cc1. The molecule has 1 N–H and O–H groups in total. The summed E-state index contributed by atoms with van der Waals surface area (Å²) in [6.45, 7) is 3.75. The molecule has 25 heavy (non-hydrogen) atoms. The number of piperidine rings is 1. The molecule has 1 aliphatic carbocycles. The van der Waals surface area contributed by atoms with E-state index in [1.807, 2.05) is 11.8 Å². The highest BCUT2D eigenvalue weighted by Crippen LogP contribution is 2.36. The average molecular weight is 365 g/mol. The second-order valence-corrected chi connectivity index (χ2v) is 9.16. The van der Waals surface area contributed by atoms with Gasteiger partial charge in [0, 0.05) is 26.1 Å². The van der Waals surface area contributed by atoms with Crippen molar-refractivity contribution in [2.45, 2.75) is 50.3 Å². The molecule has 0 bridgehead atoms. The summed E-state index contributed by atoms with van der Waals surface area (Å²) in [6.07, 6.45) is 6.47. The molecule has 1 aliphatic heterocycles. The highest BCUT2D eigenvalue weighted by Gasteiger charge is 2.32. The van der Waals surface area contributed by atoms with Gasteiger partial charge in [0.1, 0.15) is 0 Å². The lowest BCUT2D eigenvalue weighted by atomic mass is 9.75. The molecule has 1 heterocycles. The molecular weight excluding hydrogens is 336 g/mol. The fourth-order valence-corrected chi connectivity index (χ4v) is 5.11. The minimum Gasteiger partial charge on any atom is -0.342 e. The van der Waals surface area contributed by atoms with Crippen LogP contribution in [-0.2, 0) is 14.8 Å². The summed E-state index contributed by atoms with van der Waals surface area (Å²) in [5.74, 6) is 1.50. The lowest BCUT2D eigenvalue weighted by molar-refractivity contribution is -0.134. The van der Waals surface area contributed by atoms with Crippen LogP contribution < -0.4 is 4.72 Å². The van der Waals surface area contributed by atoms with E-state index in [-0.39, 0.29) is 23.8 Å². The van der Waals surface area contributed by atoms with E-state index in [0.29, 0.717) is 5.92 Å². The number of sulfonamides is 1. The molecule has 2 aliphatic rings. The van der Waals surface area contributed by atoms with Crippen LogP contribution in [0.2, 0.25) is 0 Å². The predicted octanol–water partition coefficient (Wildman–Crippen LogP) is 2.70. The van der Waals surface area contributed by atoms with E-state index in [2.05, 4.69) is 4.72 Å². The number of nitrogens with zero attached hydrogens (tertiary/aromatic N) is 1. The molecule has 0 aromatic heterocycles. The fourth-order valence-electron chi connectivity index (χ4n) is 4.08. The van der Waals surface area contributed by atoms with E-state index in [1.54, 1.807) is 24.3 Å². The van der Waals surface area contributed by atoms with Gasteiger partial charge in [-0.1, -0.05) is 37.0 Å². The Hall–Kier alpha value is -1.40. The van der Waals surface area contributed by atoms with Gasteiger partial charge in [-0.3, -0.25) is 4.79 Å². The Morgan fingerprint density at radius 1 is 1.12 bits per heavy atom. The minimum absolute atomic E-state index is 0.0654. The third kappa shape index (κ3) is 4.61. The van der Waals surface area contributed by atoms with Gasteiger partial charge >= 0.3 is 0 Å². The van der Waals surface area contributed by atoms with Gasteiger partial charge in [-0.25, -0.2) is 13.1 Å². The van der Waals surface area contributed by atoms with Crippen molar-refractivity contribution in [2.24, 2.45) is 11.8 Å². The largest absolute Gasteiger partial charge is 0.342 e. The summed E-state index contributed by atoms with van der Waals surface area (Å²) < 4.78 is 27.1. The van der Waals surface area contributed by atoms with Gasteiger partial charge < -0.3 is 4.90 Å². The molecule has 1 aromatic rings. The van der Waals surface area contributed by atoms with Gasteiger partial charge in [0.05, 0.1) is 4.90 Å². The van der Waals surface area contributed by atoms with Gasteiger partial charge in [-0.2, -0.15) is 0 Å². The number of carbonyl (C=O) groups excluding carboxylic acids is 1. The number of hydrogen-bond donors (Lipinski definition) is 1. The Kier molecular flexibility index (Phi) is 5.79. The Morgan fingerprint density at radius 3 is 2.52 bits per heavy atom. The second kappa shape index (κ2) is 7.87. The summed E-state index contributed by atoms with van der Waals surface area (Å²) in [6, 6.07) is 6.72. The quantitative estimate of drug-likeness (QED) is 0.873. The maximum atomic E-state index is 12.4. The molecule has 0 radical (unpaired) electrons. The van der Waals surface area contributed by atoms with Gasteiger partial charge in [-0.05, 0) is 43.7 Å². The van der Waals surface area contributed by atoms with Crippen LogP contribution in [-0.4, -0.2) is 38.9 Å². The molecular formula is C19H28N2O3S. The van der Waals surface area contributed by atoms with Crippen LogP contribution in [0.4, 0.5) is 0 Å². The molecule has 0 spiro atoms. The van der Waals surface area contributed by atoms with E-state index < -0.39 is 10.0 Å². The van der Waals surface area contributed by atoms with Gasteiger partial charge in [0.15, 0.2) is 0 Å². The number of fused-ring (bicyclic) bond motifs is 1. The predicted molar refractivity (Wildman–Crippen MR) is 97.6 cm³/mol. The van der Waals surface area contributed by atoms with E-state index in [9.17, 15) is 13.2 Å². The standard InChI is InChI=1S/C19H28N2O3S/c1-15-6-8-18(9-7-15)25(23,24)20-12-10-19(22)21-13-11-16-4-2-3-5-17(16)14-21/h6-9,16-17,20H,2-5,10-14H2,1H3/t16-,17+/m1/s1. The number of benzene rings is 1. The highest BCUT2D eigenvalue weighted by atomic mass is 32.2. The van der Waals surface area contributed by atoms with Gasteiger partial charge in [0.25, 0.3) is 0 Å². The number of rotatable bonds is 5. The molecule has 1 amide bonds. The molecule has 2 atom stereocenters. The van der Waals surface area contributed by atoms with Crippen LogP contribution in [0.25, 0.3) is 0 Å². The van der Waals surface area contributed by atoms with Crippen LogP contribution in [0, 0.1) is 18.8 Å². The fraction of sp³-hybridized carbons (Fsp3) is 0.632. The molecule has 138 valence electrons. The van der Waals surface area contributed by atoms with E-state index in [1.165, 1.54) is 25.7 Å². The summed E-state index contributed by atoms with van der Waals surface area (Å²) in [4.78, 5) is 14.6. The lowest BCUT2D eigenvalue weighted by Crippen LogP contribution is -2.45. The number of amides is 1. The van der Waals surface area contributed by atoms with Crippen LogP contribution in [0.15, 0.2) is 29.2 Å². The van der Waals surface area contributed by atoms with Crippen LogP contribution >= 0.6 is 0 Å². The van der Waals surface area contributed by atoms with Crippen LogP contribution in [0.5, 0.6) is 0 Å². The maximum Gasteiger partial charge on any atom is 0.240 e. The first-order chi connectivity index (χ1) is 12.0. The monoisotopic (exact) mass is 364 g/mol. The normalized spacial score (nSPS) is 24.0. The minimum atomic E-state index is -3.54. The average Bonchev–Trinajstić information content (AvgIpc) is 2.61. The first-order valence-corrected chi connectivity index (χ1v) is 10.8. The molecule has 1 aromatic carbocycles. The first-order valence-electron chi connectivity index (χ1n) is 9.30. The smallest absolute Gasteiger partial charge is 0.240 e. The van der Waals surface area contributed by atoms with E-state index >= 15 is 0 Å². The zero-order chi connectivity index (χ0) is 17.9. The Labute approximate surface area is 150 Å². The topological polar surface area (TPSA) is 66.5 Å². The maximum absolute atomic E-state index is 12.4. The van der Waals surface area contributed by atoms with Crippen molar-refractivity contribution in [1.29, 1.82) is 0 Å². The number of likely N-dealkylation sites (tertiary alicyclic amines) is 1. The third-order valence-electron chi connectivity index (χ3n) is 5.61. The molecule has 2 fully saturated rings. The van der Waals surface area contributed by atoms with E-state index in [0.717, 1.165) is 31.0 Å². The van der Waals surface area contributed by atoms with Crippen LogP contribution in [0.1, 0.15) is 44.1 Å². The number of hydrogen-bond acceptors (Lipinski definition) is 3. The van der Waals surface area contributed by atoms with Crippen molar-refractivity contribution in [2.75, 3.05) is 19.6 Å². The molecule has 0 unspecified atom stereocenters. The first kappa shape index (κ1) is 18.4. The molecule has 1 saturated heterocycles. The Bertz CT molecular complexity index is 700. The summed E-state index contributed by atoms with van der Waals surface area (Å²) in [5, 5.41) is 0. The highest BCUT2D eigenvalue weighted by molar-refractivity contribution is 7.89. The second-order valence-electron chi connectivity index (χ2n) is 7.39. The van der Waals surface area contributed by atoms with Crippen molar-refractivity contribution >= 4 is 15.9 Å². The molecule has 6 heteroatoms. The molecule has 1 saturated carbocycles. The van der Waals surface area contributed by atoms with Gasteiger partial charge in [-0.15, -0.1) is 0 Å². The molecule has 5 nitrogen and oxygen atoms in total. The van der Waals surface area contributed by atoms with Crippen LogP contribution in [0.3, 0.4) is 0 Å². The van der Waals surface area contributed by atoms with Crippen molar-refractivity contribution in [3.63, 3.8) is 0 Å². The van der Waals surface area contributed by atoms with Gasteiger partial charge in [0.2, 0.25) is 15.9 Å². The number of nitrogens with one attached hydrogen (secondary N) is 1. The zero-order valence-corrected chi connectivity index (χ0v) is 15.7. The van der Waals surface area contributed by atoms with E-state index in [4.69, 9.17) is 0 Å². The van der Waals surface area contributed by atoms with Crippen molar-refractivity contribution in [1.82, 2.24) is 9.62 Å². The summed E-state index contributed by atoms with van der Waals surface area (Å²) in [5.41, 5.74) is 1.01.